The fourth-order valence-electron chi connectivity index (χ4n) is 3.68. The fourth-order valence-corrected chi connectivity index (χ4v) is 3.68. The highest BCUT2D eigenvalue weighted by atomic mass is 127. The van der Waals surface area contributed by atoms with Crippen molar-refractivity contribution in [3.05, 3.63) is 35.9 Å². The molecule has 0 amide bonds. The summed E-state index contributed by atoms with van der Waals surface area (Å²) in [5, 5.41) is 6.81. The Morgan fingerprint density at radius 3 is 2.70 bits per heavy atom. The van der Waals surface area contributed by atoms with Crippen molar-refractivity contribution in [3.8, 4) is 0 Å². The van der Waals surface area contributed by atoms with Crippen molar-refractivity contribution in [2.24, 2.45) is 4.99 Å². The molecule has 1 aromatic rings. The standard InChI is InChI=1S/C21H33N3O2.HI/c1-2-22-20(23-13-7-14-26-19-10-15-25-16-19)24-17-21(11-6-12-21)18-8-4-3-5-9-18;/h3-5,8-9,19H,2,6-7,10-17H2,1H3,(H2,22,23,24);1H. The van der Waals surface area contributed by atoms with Crippen molar-refractivity contribution in [1.82, 2.24) is 10.6 Å². The maximum absolute atomic E-state index is 5.82. The molecule has 27 heavy (non-hydrogen) atoms. The van der Waals surface area contributed by atoms with E-state index < -0.39 is 0 Å². The molecule has 1 aliphatic heterocycles. The van der Waals surface area contributed by atoms with Crippen molar-refractivity contribution in [3.63, 3.8) is 0 Å². The van der Waals surface area contributed by atoms with Gasteiger partial charge in [0, 0.05) is 31.7 Å². The van der Waals surface area contributed by atoms with Gasteiger partial charge in [0.15, 0.2) is 5.96 Å². The highest BCUT2D eigenvalue weighted by Gasteiger charge is 2.38. The van der Waals surface area contributed by atoms with Gasteiger partial charge in [0.2, 0.25) is 0 Å². The monoisotopic (exact) mass is 487 g/mol. The van der Waals surface area contributed by atoms with Crippen LogP contribution in [0.1, 0.15) is 44.6 Å². The van der Waals surface area contributed by atoms with E-state index in [4.69, 9.17) is 14.5 Å². The van der Waals surface area contributed by atoms with Crippen LogP contribution in [0.5, 0.6) is 0 Å². The summed E-state index contributed by atoms with van der Waals surface area (Å²) < 4.78 is 11.1. The van der Waals surface area contributed by atoms with Crippen LogP contribution in [0.2, 0.25) is 0 Å². The number of nitrogens with one attached hydrogen (secondary N) is 2. The van der Waals surface area contributed by atoms with E-state index in [0.29, 0.717) is 6.10 Å². The van der Waals surface area contributed by atoms with Gasteiger partial charge in [-0.2, -0.15) is 0 Å². The topological polar surface area (TPSA) is 54.9 Å². The van der Waals surface area contributed by atoms with Crippen molar-refractivity contribution < 1.29 is 9.47 Å². The summed E-state index contributed by atoms with van der Waals surface area (Å²) in [6, 6.07) is 10.9. The van der Waals surface area contributed by atoms with E-state index in [1.54, 1.807) is 0 Å². The Balaban J connectivity index is 0.00000261. The normalized spacial score (nSPS) is 21.2. The molecule has 1 heterocycles. The first-order chi connectivity index (χ1) is 12.8. The first kappa shape index (κ1) is 22.4. The van der Waals surface area contributed by atoms with Crippen LogP contribution in [0.3, 0.4) is 0 Å². The van der Waals surface area contributed by atoms with E-state index in [1.165, 1.54) is 24.8 Å². The summed E-state index contributed by atoms with van der Waals surface area (Å²) in [4.78, 5) is 4.89. The van der Waals surface area contributed by atoms with Gasteiger partial charge in [0.05, 0.1) is 19.3 Å². The molecule has 1 saturated heterocycles. The molecule has 1 aromatic carbocycles. The van der Waals surface area contributed by atoms with Crippen molar-refractivity contribution in [2.75, 3.05) is 39.5 Å². The molecule has 0 bridgehead atoms. The third-order valence-corrected chi connectivity index (χ3v) is 5.44. The van der Waals surface area contributed by atoms with Crippen LogP contribution in [0.25, 0.3) is 0 Å². The number of hydrogen-bond acceptors (Lipinski definition) is 3. The minimum absolute atomic E-state index is 0. The molecule has 1 saturated carbocycles. The van der Waals surface area contributed by atoms with Gasteiger partial charge in [-0.3, -0.25) is 4.99 Å². The van der Waals surface area contributed by atoms with E-state index >= 15 is 0 Å². The van der Waals surface area contributed by atoms with E-state index in [1.807, 2.05) is 0 Å². The molecule has 0 spiro atoms. The third kappa shape index (κ3) is 6.61. The molecule has 0 aromatic heterocycles. The lowest BCUT2D eigenvalue weighted by molar-refractivity contribution is 0.0420. The molecule has 2 fully saturated rings. The molecule has 1 aliphatic carbocycles. The largest absolute Gasteiger partial charge is 0.379 e. The van der Waals surface area contributed by atoms with Gasteiger partial charge in [0.25, 0.3) is 0 Å². The zero-order valence-electron chi connectivity index (χ0n) is 16.4. The average molecular weight is 487 g/mol. The van der Waals surface area contributed by atoms with Crippen LogP contribution >= 0.6 is 24.0 Å². The van der Waals surface area contributed by atoms with Gasteiger partial charge in [-0.05, 0) is 38.2 Å². The van der Waals surface area contributed by atoms with E-state index in [0.717, 1.165) is 58.3 Å². The predicted molar refractivity (Wildman–Crippen MR) is 121 cm³/mol. The predicted octanol–water partition coefficient (Wildman–Crippen LogP) is 3.48. The molecule has 1 unspecified atom stereocenters. The van der Waals surface area contributed by atoms with Crippen LogP contribution in [0, 0.1) is 0 Å². The first-order valence-electron chi connectivity index (χ1n) is 10.1. The Morgan fingerprint density at radius 1 is 1.26 bits per heavy atom. The zero-order chi connectivity index (χ0) is 18.1. The summed E-state index contributed by atoms with van der Waals surface area (Å²) in [6.07, 6.45) is 6.07. The average Bonchev–Trinajstić information content (AvgIpc) is 3.15. The van der Waals surface area contributed by atoms with Gasteiger partial charge >= 0.3 is 0 Å². The number of guanidine groups is 1. The Labute approximate surface area is 180 Å². The number of aliphatic imine (C=N–C) groups is 1. The smallest absolute Gasteiger partial charge is 0.191 e. The Hall–Kier alpha value is -0.860. The maximum Gasteiger partial charge on any atom is 0.191 e. The highest BCUT2D eigenvalue weighted by Crippen LogP contribution is 2.43. The lowest BCUT2D eigenvalue weighted by Crippen LogP contribution is -2.42. The number of hydrogen-bond donors (Lipinski definition) is 2. The molecule has 152 valence electrons. The second-order valence-electron chi connectivity index (χ2n) is 7.33. The van der Waals surface area contributed by atoms with Gasteiger partial charge in [-0.15, -0.1) is 24.0 Å². The highest BCUT2D eigenvalue weighted by molar-refractivity contribution is 14.0. The van der Waals surface area contributed by atoms with Crippen molar-refractivity contribution in [2.45, 2.75) is 50.5 Å². The molecule has 2 N–H and O–H groups in total. The maximum atomic E-state index is 5.82. The quantitative estimate of drug-likeness (QED) is 0.243. The number of ether oxygens (including phenoxy) is 2. The second-order valence-corrected chi connectivity index (χ2v) is 7.33. The van der Waals surface area contributed by atoms with Crippen LogP contribution in [-0.4, -0.2) is 51.5 Å². The number of benzene rings is 1. The Bertz CT molecular complexity index is 558. The van der Waals surface area contributed by atoms with Crippen LogP contribution in [0.4, 0.5) is 0 Å². The molecule has 2 aliphatic rings. The molecular formula is C21H34IN3O2. The number of rotatable bonds is 9. The zero-order valence-corrected chi connectivity index (χ0v) is 18.7. The van der Waals surface area contributed by atoms with Gasteiger partial charge in [0.1, 0.15) is 0 Å². The Morgan fingerprint density at radius 2 is 2.07 bits per heavy atom. The molecule has 3 rings (SSSR count). The van der Waals surface area contributed by atoms with Crippen LogP contribution in [0.15, 0.2) is 35.3 Å². The second kappa shape index (κ2) is 11.9. The summed E-state index contributed by atoms with van der Waals surface area (Å²) >= 11 is 0. The minimum atomic E-state index is 0. The van der Waals surface area contributed by atoms with E-state index in [9.17, 15) is 0 Å². The third-order valence-electron chi connectivity index (χ3n) is 5.44. The fraction of sp³-hybridized carbons (Fsp3) is 0.667. The van der Waals surface area contributed by atoms with Crippen LogP contribution in [-0.2, 0) is 14.9 Å². The molecule has 0 radical (unpaired) electrons. The van der Waals surface area contributed by atoms with Crippen LogP contribution < -0.4 is 10.6 Å². The first-order valence-corrected chi connectivity index (χ1v) is 10.1. The Kier molecular flexibility index (Phi) is 9.86. The summed E-state index contributed by atoms with van der Waals surface area (Å²) in [7, 11) is 0. The molecule has 5 nitrogen and oxygen atoms in total. The SMILES string of the molecule is CCNC(=NCC1(c2ccccc2)CCC1)NCCCOC1CCOC1.I. The summed E-state index contributed by atoms with van der Waals surface area (Å²) in [5.41, 5.74) is 1.66. The summed E-state index contributed by atoms with van der Waals surface area (Å²) in [5.74, 6) is 0.916. The summed E-state index contributed by atoms with van der Waals surface area (Å²) in [6.45, 7) is 7.06. The number of nitrogens with zero attached hydrogens (tertiary/aromatic N) is 1. The van der Waals surface area contributed by atoms with Gasteiger partial charge < -0.3 is 20.1 Å². The van der Waals surface area contributed by atoms with Crippen molar-refractivity contribution >= 4 is 29.9 Å². The van der Waals surface area contributed by atoms with E-state index in [-0.39, 0.29) is 29.4 Å². The minimum Gasteiger partial charge on any atom is -0.379 e. The number of halogens is 1. The van der Waals surface area contributed by atoms with Gasteiger partial charge in [-0.25, -0.2) is 0 Å². The van der Waals surface area contributed by atoms with Crippen molar-refractivity contribution in [1.29, 1.82) is 0 Å². The molecule has 6 heteroatoms. The van der Waals surface area contributed by atoms with E-state index in [2.05, 4.69) is 47.9 Å². The lowest BCUT2D eigenvalue weighted by atomic mass is 9.64. The molecule has 1 atom stereocenters. The lowest BCUT2D eigenvalue weighted by Gasteiger charge is -2.41. The van der Waals surface area contributed by atoms with Gasteiger partial charge in [-0.1, -0.05) is 36.8 Å². The molecular weight excluding hydrogens is 453 g/mol.